The second-order valence-corrected chi connectivity index (χ2v) is 4.24. The number of alkyl halides is 2. The van der Waals surface area contributed by atoms with E-state index < -0.39 is 16.9 Å². The molecular weight excluding hydrogens is 286 g/mol. The van der Waals surface area contributed by atoms with Gasteiger partial charge in [-0.3, -0.25) is 10.1 Å². The molecular formula is C12H12F2N4O3. The number of anilines is 1. The van der Waals surface area contributed by atoms with Crippen molar-refractivity contribution in [3.63, 3.8) is 0 Å². The molecule has 21 heavy (non-hydrogen) atoms. The molecule has 0 radical (unpaired) electrons. The average molecular weight is 298 g/mol. The maximum Gasteiger partial charge on any atom is 0.270 e. The first kappa shape index (κ1) is 14.8. The fraction of sp³-hybridized carbons (Fsp3) is 0.333. The topological polar surface area (TPSA) is 94.1 Å². The molecule has 0 bridgehead atoms. The normalized spacial score (nSPS) is 10.9. The van der Waals surface area contributed by atoms with E-state index >= 15 is 0 Å². The van der Waals surface area contributed by atoms with E-state index in [-0.39, 0.29) is 11.4 Å². The number of aromatic nitrogens is 2. The Hall–Kier alpha value is -2.58. The summed E-state index contributed by atoms with van der Waals surface area (Å²) in [5, 5.41) is 17.0. The number of aryl methyl sites for hydroxylation is 1. The van der Waals surface area contributed by atoms with Crippen molar-refractivity contribution in [3.05, 3.63) is 45.6 Å². The lowest BCUT2D eigenvalue weighted by Gasteiger charge is -2.10. The summed E-state index contributed by atoms with van der Waals surface area (Å²) >= 11 is 0. The van der Waals surface area contributed by atoms with Gasteiger partial charge in [0, 0.05) is 36.3 Å². The Morgan fingerprint density at radius 1 is 1.48 bits per heavy atom. The van der Waals surface area contributed by atoms with Gasteiger partial charge >= 0.3 is 0 Å². The summed E-state index contributed by atoms with van der Waals surface area (Å²) in [4.78, 5) is 13.9. The Labute approximate surface area is 118 Å². The van der Waals surface area contributed by atoms with Gasteiger partial charge in [-0.2, -0.15) is 4.98 Å². The van der Waals surface area contributed by atoms with E-state index in [1.807, 2.05) is 0 Å². The molecule has 1 aromatic carbocycles. The average Bonchev–Trinajstić information content (AvgIpc) is 2.84. The van der Waals surface area contributed by atoms with Crippen LogP contribution >= 0.6 is 0 Å². The first-order chi connectivity index (χ1) is 9.97. The first-order valence-corrected chi connectivity index (χ1v) is 6.07. The fourth-order valence-electron chi connectivity index (χ4n) is 1.75. The van der Waals surface area contributed by atoms with E-state index in [2.05, 4.69) is 15.5 Å². The van der Waals surface area contributed by atoms with E-state index in [1.165, 1.54) is 12.1 Å². The van der Waals surface area contributed by atoms with Crippen LogP contribution in [0, 0.1) is 17.0 Å². The van der Waals surface area contributed by atoms with Crippen LogP contribution in [-0.4, -0.2) is 21.6 Å². The Kier molecular flexibility index (Phi) is 4.41. The maximum absolute atomic E-state index is 12.9. The lowest BCUT2D eigenvalue weighted by atomic mass is 10.1. The van der Waals surface area contributed by atoms with Crippen LogP contribution in [0.5, 0.6) is 0 Å². The van der Waals surface area contributed by atoms with Crippen LogP contribution < -0.4 is 5.32 Å². The van der Waals surface area contributed by atoms with Crippen LogP contribution in [0.15, 0.2) is 22.7 Å². The minimum absolute atomic E-state index is 0.145. The number of benzene rings is 1. The predicted octanol–water partition coefficient (Wildman–Crippen LogP) is 2.88. The third kappa shape index (κ3) is 3.71. The van der Waals surface area contributed by atoms with Crippen molar-refractivity contribution in [2.45, 2.75) is 19.8 Å². The molecule has 0 amide bonds. The molecule has 0 aliphatic carbocycles. The zero-order valence-electron chi connectivity index (χ0n) is 11.0. The molecule has 1 heterocycles. The number of nitro benzene ring substituents is 1. The lowest BCUT2D eigenvalue weighted by Crippen LogP contribution is -2.08. The number of nitrogens with one attached hydrogen (secondary N) is 1. The summed E-state index contributed by atoms with van der Waals surface area (Å²) in [7, 11) is 0. The van der Waals surface area contributed by atoms with Crippen molar-refractivity contribution in [1.82, 2.24) is 10.1 Å². The number of nitro groups is 1. The lowest BCUT2D eigenvalue weighted by molar-refractivity contribution is -0.385. The van der Waals surface area contributed by atoms with E-state index in [4.69, 9.17) is 4.52 Å². The van der Waals surface area contributed by atoms with Gasteiger partial charge in [0.2, 0.25) is 5.89 Å². The summed E-state index contributed by atoms with van der Waals surface area (Å²) in [6.07, 6.45) is -2.45. The van der Waals surface area contributed by atoms with Crippen LogP contribution in [0.3, 0.4) is 0 Å². The highest BCUT2D eigenvalue weighted by atomic mass is 19.3. The zero-order valence-corrected chi connectivity index (χ0v) is 11.0. The summed E-state index contributed by atoms with van der Waals surface area (Å²) in [6, 6.07) is 3.30. The van der Waals surface area contributed by atoms with Gasteiger partial charge in [0.05, 0.1) is 4.92 Å². The van der Waals surface area contributed by atoms with Crippen molar-refractivity contribution in [2.24, 2.45) is 0 Å². The summed E-state index contributed by atoms with van der Waals surface area (Å²) in [5.74, 6) is 0.883. The largest absolute Gasteiger partial charge is 0.384 e. The molecule has 0 saturated heterocycles. The highest BCUT2D eigenvalue weighted by Crippen LogP contribution is 2.30. The second kappa shape index (κ2) is 6.25. The smallest absolute Gasteiger partial charge is 0.270 e. The van der Waals surface area contributed by atoms with Crippen LogP contribution in [0.25, 0.3) is 0 Å². The molecule has 7 nitrogen and oxygen atoms in total. The van der Waals surface area contributed by atoms with E-state index in [0.717, 1.165) is 6.07 Å². The molecule has 1 N–H and O–H groups in total. The zero-order chi connectivity index (χ0) is 15.4. The molecule has 9 heteroatoms. The van der Waals surface area contributed by atoms with Gasteiger partial charge in [-0.05, 0) is 13.0 Å². The summed E-state index contributed by atoms with van der Waals surface area (Å²) in [5.41, 5.74) is -0.638. The molecule has 1 aromatic heterocycles. The second-order valence-electron chi connectivity index (χ2n) is 4.24. The Morgan fingerprint density at radius 2 is 2.24 bits per heavy atom. The van der Waals surface area contributed by atoms with Gasteiger partial charge < -0.3 is 9.84 Å². The van der Waals surface area contributed by atoms with E-state index in [0.29, 0.717) is 24.7 Å². The third-order valence-electron chi connectivity index (χ3n) is 2.71. The molecule has 2 rings (SSSR count). The van der Waals surface area contributed by atoms with Gasteiger partial charge in [-0.25, -0.2) is 8.78 Å². The highest BCUT2D eigenvalue weighted by Gasteiger charge is 2.17. The molecule has 2 aromatic rings. The minimum Gasteiger partial charge on any atom is -0.384 e. The van der Waals surface area contributed by atoms with Gasteiger partial charge in [0.1, 0.15) is 0 Å². The Balaban J connectivity index is 2.06. The van der Waals surface area contributed by atoms with Crippen LogP contribution in [-0.2, 0) is 6.42 Å². The number of non-ortho nitro benzene ring substituents is 1. The van der Waals surface area contributed by atoms with E-state index in [9.17, 15) is 18.9 Å². The van der Waals surface area contributed by atoms with Crippen LogP contribution in [0.4, 0.5) is 20.2 Å². The van der Waals surface area contributed by atoms with Crippen LogP contribution in [0.2, 0.25) is 0 Å². The SMILES string of the molecule is Cc1noc(CCNc2ccc([N+](=O)[O-])cc2C(F)F)n1. The molecule has 0 fully saturated rings. The quantitative estimate of drug-likeness (QED) is 0.651. The number of hydrogen-bond donors (Lipinski definition) is 1. The number of nitrogens with zero attached hydrogens (tertiary/aromatic N) is 3. The number of rotatable bonds is 6. The van der Waals surface area contributed by atoms with E-state index in [1.54, 1.807) is 6.92 Å². The summed E-state index contributed by atoms with van der Waals surface area (Å²) < 4.78 is 30.7. The van der Waals surface area contributed by atoms with Gasteiger partial charge in [0.25, 0.3) is 12.1 Å². The van der Waals surface area contributed by atoms with Gasteiger partial charge in [-0.15, -0.1) is 0 Å². The number of halogens is 2. The molecule has 0 saturated carbocycles. The molecule has 0 atom stereocenters. The minimum atomic E-state index is -2.81. The van der Waals surface area contributed by atoms with Gasteiger partial charge in [-0.1, -0.05) is 5.16 Å². The fourth-order valence-corrected chi connectivity index (χ4v) is 1.75. The van der Waals surface area contributed by atoms with Crippen LogP contribution in [0.1, 0.15) is 23.7 Å². The summed E-state index contributed by atoms with van der Waals surface area (Å²) in [6.45, 7) is 1.96. The molecule has 112 valence electrons. The predicted molar refractivity (Wildman–Crippen MR) is 69.3 cm³/mol. The standard InChI is InChI=1S/C12H12F2N4O3/c1-7-16-11(21-17-7)4-5-15-10-3-2-8(18(19)20)6-9(10)12(13)14/h2-3,6,12,15H,4-5H2,1H3. The van der Waals surface area contributed by atoms with Crippen molar-refractivity contribution in [2.75, 3.05) is 11.9 Å². The Morgan fingerprint density at radius 3 is 2.81 bits per heavy atom. The van der Waals surface area contributed by atoms with Crippen molar-refractivity contribution in [1.29, 1.82) is 0 Å². The molecule has 0 aliphatic rings. The maximum atomic E-state index is 12.9. The van der Waals surface area contributed by atoms with Crippen molar-refractivity contribution < 1.29 is 18.2 Å². The molecule has 0 spiro atoms. The Bertz CT molecular complexity index is 645. The van der Waals surface area contributed by atoms with Crippen molar-refractivity contribution >= 4 is 11.4 Å². The third-order valence-corrected chi connectivity index (χ3v) is 2.71. The van der Waals surface area contributed by atoms with Gasteiger partial charge in [0.15, 0.2) is 5.82 Å². The monoisotopic (exact) mass is 298 g/mol. The molecule has 0 aliphatic heterocycles. The van der Waals surface area contributed by atoms with Crippen molar-refractivity contribution in [3.8, 4) is 0 Å². The highest BCUT2D eigenvalue weighted by molar-refractivity contribution is 5.56. The first-order valence-electron chi connectivity index (χ1n) is 6.07. The number of hydrogen-bond acceptors (Lipinski definition) is 6. The molecule has 0 unspecified atom stereocenters.